The average molecular weight is 230 g/mol. The third-order valence-electron chi connectivity index (χ3n) is 3.73. The Morgan fingerprint density at radius 2 is 2.06 bits per heavy atom. The fourth-order valence-electron chi connectivity index (χ4n) is 2.79. The minimum atomic E-state index is 0.683. The first kappa shape index (κ1) is 10.6. The van der Waals surface area contributed by atoms with Gasteiger partial charge in [-0.3, -0.25) is 0 Å². The lowest BCUT2D eigenvalue weighted by Crippen LogP contribution is -2.04. The molecule has 90 valence electrons. The molecule has 0 spiro atoms. The number of hydrogen-bond donors (Lipinski definition) is 2. The highest BCUT2D eigenvalue weighted by molar-refractivity contribution is 5.87. The molecule has 2 heterocycles. The van der Waals surface area contributed by atoms with E-state index in [1.807, 2.05) is 7.05 Å². The van der Waals surface area contributed by atoms with Gasteiger partial charge in [-0.05, 0) is 24.8 Å². The van der Waals surface area contributed by atoms with Gasteiger partial charge in [0, 0.05) is 12.7 Å². The number of aromatic amines is 1. The van der Waals surface area contributed by atoms with Crippen LogP contribution >= 0.6 is 0 Å². The number of hydrogen-bond acceptors (Lipinski definition) is 3. The fraction of sp³-hybridized carbons (Fsp3) is 0.538. The Balaban J connectivity index is 2.00. The first-order valence-corrected chi connectivity index (χ1v) is 6.40. The van der Waals surface area contributed by atoms with Crippen LogP contribution in [0.1, 0.15) is 43.7 Å². The number of fused-ring (bicyclic) bond motifs is 1. The molecule has 0 unspecified atom stereocenters. The summed E-state index contributed by atoms with van der Waals surface area (Å²) in [5, 5.41) is 4.22. The number of rotatable bonds is 2. The van der Waals surface area contributed by atoms with Gasteiger partial charge in [-0.25, -0.2) is 9.97 Å². The van der Waals surface area contributed by atoms with E-state index in [1.165, 1.54) is 37.8 Å². The van der Waals surface area contributed by atoms with E-state index in [4.69, 9.17) is 0 Å². The quantitative estimate of drug-likeness (QED) is 0.833. The van der Waals surface area contributed by atoms with Crippen molar-refractivity contribution >= 4 is 16.9 Å². The normalized spacial score (nSPS) is 17.5. The van der Waals surface area contributed by atoms with Crippen molar-refractivity contribution in [3.05, 3.63) is 18.1 Å². The molecular weight excluding hydrogens is 212 g/mol. The SMILES string of the molecule is CNc1ncnc2[nH]c(C3CCCCC3)cc12. The molecule has 2 aromatic heterocycles. The van der Waals surface area contributed by atoms with Gasteiger partial charge in [0.15, 0.2) is 0 Å². The van der Waals surface area contributed by atoms with E-state index in [0.29, 0.717) is 5.92 Å². The summed E-state index contributed by atoms with van der Waals surface area (Å²) < 4.78 is 0. The van der Waals surface area contributed by atoms with Crippen LogP contribution in [0.25, 0.3) is 11.0 Å². The van der Waals surface area contributed by atoms with Crippen molar-refractivity contribution in [2.75, 3.05) is 12.4 Å². The number of aromatic nitrogens is 3. The summed E-state index contributed by atoms with van der Waals surface area (Å²) in [4.78, 5) is 12.0. The molecule has 1 aliphatic carbocycles. The van der Waals surface area contributed by atoms with Crippen LogP contribution in [0.15, 0.2) is 12.4 Å². The first-order valence-electron chi connectivity index (χ1n) is 6.40. The molecule has 0 bridgehead atoms. The molecule has 2 N–H and O–H groups in total. The Labute approximate surface area is 101 Å². The highest BCUT2D eigenvalue weighted by Crippen LogP contribution is 2.34. The van der Waals surface area contributed by atoms with Gasteiger partial charge in [-0.2, -0.15) is 0 Å². The largest absolute Gasteiger partial charge is 0.372 e. The summed E-state index contributed by atoms with van der Waals surface area (Å²) in [7, 11) is 1.90. The van der Waals surface area contributed by atoms with Gasteiger partial charge >= 0.3 is 0 Å². The number of nitrogens with zero attached hydrogens (tertiary/aromatic N) is 2. The van der Waals surface area contributed by atoms with Crippen molar-refractivity contribution in [2.45, 2.75) is 38.0 Å². The predicted octanol–water partition coefficient (Wildman–Crippen LogP) is 3.05. The van der Waals surface area contributed by atoms with Crippen LogP contribution in [0, 0.1) is 0 Å². The number of nitrogens with one attached hydrogen (secondary N) is 2. The summed E-state index contributed by atoms with van der Waals surface area (Å²) in [6.45, 7) is 0. The van der Waals surface area contributed by atoms with Crippen molar-refractivity contribution in [3.8, 4) is 0 Å². The Bertz CT molecular complexity index is 511. The lowest BCUT2D eigenvalue weighted by atomic mass is 9.87. The fourth-order valence-corrected chi connectivity index (χ4v) is 2.79. The molecular formula is C13H18N4. The molecule has 1 aliphatic rings. The van der Waals surface area contributed by atoms with Crippen molar-refractivity contribution in [1.82, 2.24) is 15.0 Å². The lowest BCUT2D eigenvalue weighted by molar-refractivity contribution is 0.438. The molecule has 1 saturated carbocycles. The molecule has 2 aromatic rings. The monoisotopic (exact) mass is 230 g/mol. The Morgan fingerprint density at radius 1 is 1.24 bits per heavy atom. The molecule has 0 aromatic carbocycles. The van der Waals surface area contributed by atoms with Crippen LogP contribution < -0.4 is 5.32 Å². The average Bonchev–Trinajstić information content (AvgIpc) is 2.83. The van der Waals surface area contributed by atoms with Gasteiger partial charge in [0.25, 0.3) is 0 Å². The Hall–Kier alpha value is -1.58. The molecule has 0 aliphatic heterocycles. The molecule has 0 atom stereocenters. The second-order valence-electron chi connectivity index (χ2n) is 4.79. The zero-order chi connectivity index (χ0) is 11.7. The highest BCUT2D eigenvalue weighted by Gasteiger charge is 2.18. The molecule has 4 heteroatoms. The molecule has 3 rings (SSSR count). The van der Waals surface area contributed by atoms with Crippen LogP contribution in [0.5, 0.6) is 0 Å². The van der Waals surface area contributed by atoms with Gasteiger partial charge in [0.1, 0.15) is 17.8 Å². The number of anilines is 1. The van der Waals surface area contributed by atoms with Crippen LogP contribution in [0.2, 0.25) is 0 Å². The minimum Gasteiger partial charge on any atom is -0.372 e. The van der Waals surface area contributed by atoms with E-state index in [9.17, 15) is 0 Å². The standard InChI is InChI=1S/C13H18N4/c1-14-12-10-7-11(9-5-3-2-4-6-9)17-13(10)16-8-15-12/h7-9H,2-6H2,1H3,(H2,14,15,16,17). The number of H-pyrrole nitrogens is 1. The predicted molar refractivity (Wildman–Crippen MR) is 69.3 cm³/mol. The van der Waals surface area contributed by atoms with Crippen LogP contribution in [0.4, 0.5) is 5.82 Å². The van der Waals surface area contributed by atoms with E-state index in [-0.39, 0.29) is 0 Å². The van der Waals surface area contributed by atoms with Gasteiger partial charge < -0.3 is 10.3 Å². The molecule has 1 fully saturated rings. The van der Waals surface area contributed by atoms with Crippen molar-refractivity contribution in [2.24, 2.45) is 0 Å². The van der Waals surface area contributed by atoms with E-state index in [2.05, 4.69) is 26.3 Å². The van der Waals surface area contributed by atoms with Crippen LogP contribution in [-0.2, 0) is 0 Å². The minimum absolute atomic E-state index is 0.683. The third-order valence-corrected chi connectivity index (χ3v) is 3.73. The molecule has 0 amide bonds. The van der Waals surface area contributed by atoms with Gasteiger partial charge in [-0.1, -0.05) is 19.3 Å². The summed E-state index contributed by atoms with van der Waals surface area (Å²) >= 11 is 0. The maximum absolute atomic E-state index is 4.30. The van der Waals surface area contributed by atoms with Crippen LogP contribution in [-0.4, -0.2) is 22.0 Å². The van der Waals surface area contributed by atoms with Gasteiger partial charge in [0.2, 0.25) is 0 Å². The zero-order valence-corrected chi connectivity index (χ0v) is 10.2. The topological polar surface area (TPSA) is 53.6 Å². The van der Waals surface area contributed by atoms with Crippen molar-refractivity contribution < 1.29 is 0 Å². The summed E-state index contributed by atoms with van der Waals surface area (Å²) in [6.07, 6.45) is 8.30. The second kappa shape index (κ2) is 4.35. The summed E-state index contributed by atoms with van der Waals surface area (Å²) in [6, 6.07) is 2.22. The van der Waals surface area contributed by atoms with E-state index in [1.54, 1.807) is 6.33 Å². The van der Waals surface area contributed by atoms with Crippen molar-refractivity contribution in [3.63, 3.8) is 0 Å². The first-order chi connectivity index (χ1) is 8.38. The van der Waals surface area contributed by atoms with Crippen molar-refractivity contribution in [1.29, 1.82) is 0 Å². The molecule has 17 heavy (non-hydrogen) atoms. The van der Waals surface area contributed by atoms with E-state index < -0.39 is 0 Å². The second-order valence-corrected chi connectivity index (χ2v) is 4.79. The van der Waals surface area contributed by atoms with E-state index >= 15 is 0 Å². The summed E-state index contributed by atoms with van der Waals surface area (Å²) in [5.41, 5.74) is 2.28. The molecule has 0 saturated heterocycles. The maximum Gasteiger partial charge on any atom is 0.143 e. The van der Waals surface area contributed by atoms with Crippen LogP contribution in [0.3, 0.4) is 0 Å². The Kier molecular flexibility index (Phi) is 2.71. The molecule has 0 radical (unpaired) electrons. The maximum atomic E-state index is 4.30. The van der Waals surface area contributed by atoms with E-state index in [0.717, 1.165) is 16.9 Å². The van der Waals surface area contributed by atoms with Gasteiger partial charge in [-0.15, -0.1) is 0 Å². The summed E-state index contributed by atoms with van der Waals surface area (Å²) in [5.74, 6) is 1.59. The smallest absolute Gasteiger partial charge is 0.143 e. The Morgan fingerprint density at radius 3 is 2.82 bits per heavy atom. The zero-order valence-electron chi connectivity index (χ0n) is 10.2. The third kappa shape index (κ3) is 1.88. The lowest BCUT2D eigenvalue weighted by Gasteiger charge is -2.20. The van der Waals surface area contributed by atoms with Gasteiger partial charge in [0.05, 0.1) is 5.39 Å². The molecule has 4 nitrogen and oxygen atoms in total. The highest BCUT2D eigenvalue weighted by atomic mass is 15.0.